The Bertz CT molecular complexity index is 301. The van der Waals surface area contributed by atoms with Crippen LogP contribution >= 0.6 is 22.9 Å². The molecule has 0 bridgehead atoms. The molecule has 0 saturated heterocycles. The van der Waals surface area contributed by atoms with Crippen molar-refractivity contribution in [2.24, 2.45) is 0 Å². The van der Waals surface area contributed by atoms with Gasteiger partial charge in [0.15, 0.2) is 0 Å². The highest BCUT2D eigenvalue weighted by Crippen LogP contribution is 2.13. The van der Waals surface area contributed by atoms with Crippen LogP contribution in [0, 0.1) is 0 Å². The summed E-state index contributed by atoms with van der Waals surface area (Å²) in [5, 5.41) is 2.85. The third-order valence-electron chi connectivity index (χ3n) is 1.58. The van der Waals surface area contributed by atoms with Crippen molar-refractivity contribution in [3.8, 4) is 0 Å². The van der Waals surface area contributed by atoms with Crippen LogP contribution in [0.3, 0.4) is 0 Å². The minimum Gasteiger partial charge on any atom is -0.466 e. The Morgan fingerprint density at radius 1 is 1.71 bits per heavy atom. The van der Waals surface area contributed by atoms with Crippen LogP contribution in [0.5, 0.6) is 0 Å². The summed E-state index contributed by atoms with van der Waals surface area (Å²) in [5.41, 5.74) is 0.871. The van der Waals surface area contributed by atoms with Crippen molar-refractivity contribution in [3.63, 3.8) is 0 Å². The zero-order valence-electron chi connectivity index (χ0n) is 7.96. The molecule has 1 aromatic rings. The number of alkyl halides is 1. The Balaban J connectivity index is 2.34. The summed E-state index contributed by atoms with van der Waals surface area (Å²) in [7, 11) is 0. The maximum atomic E-state index is 11.0. The largest absolute Gasteiger partial charge is 0.466 e. The van der Waals surface area contributed by atoms with Crippen LogP contribution in [0.2, 0.25) is 0 Å². The van der Waals surface area contributed by atoms with E-state index in [0.29, 0.717) is 25.3 Å². The minimum absolute atomic E-state index is 0.171. The molecule has 0 aliphatic heterocycles. The number of aromatic nitrogens is 1. The summed E-state index contributed by atoms with van der Waals surface area (Å²) >= 11 is 7.14. The van der Waals surface area contributed by atoms with Gasteiger partial charge in [0.2, 0.25) is 0 Å². The van der Waals surface area contributed by atoms with Crippen molar-refractivity contribution in [2.75, 3.05) is 6.61 Å². The second kappa shape index (κ2) is 5.98. The molecule has 14 heavy (non-hydrogen) atoms. The van der Waals surface area contributed by atoms with E-state index in [0.717, 1.165) is 10.7 Å². The summed E-state index contributed by atoms with van der Waals surface area (Å²) in [6.45, 7) is 2.23. The van der Waals surface area contributed by atoms with Gasteiger partial charge >= 0.3 is 5.97 Å². The van der Waals surface area contributed by atoms with Gasteiger partial charge in [-0.1, -0.05) is 0 Å². The van der Waals surface area contributed by atoms with Crippen LogP contribution in [0.15, 0.2) is 5.38 Å². The van der Waals surface area contributed by atoms with Gasteiger partial charge in [0, 0.05) is 11.8 Å². The van der Waals surface area contributed by atoms with Crippen molar-refractivity contribution in [1.29, 1.82) is 0 Å². The third kappa shape index (κ3) is 3.64. The van der Waals surface area contributed by atoms with Crippen molar-refractivity contribution in [1.82, 2.24) is 4.98 Å². The topological polar surface area (TPSA) is 39.2 Å². The molecular weight excluding hydrogens is 222 g/mol. The van der Waals surface area contributed by atoms with E-state index in [1.165, 1.54) is 11.3 Å². The van der Waals surface area contributed by atoms with Gasteiger partial charge in [-0.2, -0.15) is 0 Å². The van der Waals surface area contributed by atoms with E-state index in [4.69, 9.17) is 16.3 Å². The van der Waals surface area contributed by atoms with Crippen LogP contribution in [0.1, 0.15) is 24.0 Å². The first kappa shape index (κ1) is 11.5. The summed E-state index contributed by atoms with van der Waals surface area (Å²) in [6.07, 6.45) is 1.03. The van der Waals surface area contributed by atoms with Crippen molar-refractivity contribution >= 4 is 28.9 Å². The molecule has 1 rings (SSSR count). The fourth-order valence-electron chi connectivity index (χ4n) is 0.967. The smallest absolute Gasteiger partial charge is 0.306 e. The lowest BCUT2D eigenvalue weighted by molar-refractivity contribution is -0.143. The highest BCUT2D eigenvalue weighted by Gasteiger charge is 2.05. The number of halogens is 1. The molecule has 0 saturated carbocycles. The summed E-state index contributed by atoms with van der Waals surface area (Å²) in [5.74, 6) is 0.255. The molecule has 0 atom stereocenters. The summed E-state index contributed by atoms with van der Waals surface area (Å²) in [6, 6.07) is 0. The maximum absolute atomic E-state index is 11.0. The van der Waals surface area contributed by atoms with Crippen LogP contribution < -0.4 is 0 Å². The van der Waals surface area contributed by atoms with Crippen LogP contribution in [-0.2, 0) is 21.8 Å². The molecule has 78 valence electrons. The van der Waals surface area contributed by atoms with E-state index in [1.54, 1.807) is 6.92 Å². The maximum Gasteiger partial charge on any atom is 0.306 e. The summed E-state index contributed by atoms with van der Waals surface area (Å²) in [4.78, 5) is 15.3. The standard InChI is InChI=1S/C9H12ClNO2S/c1-2-13-9(12)4-3-8-11-7(5-10)6-14-8/h6H,2-5H2,1H3. The van der Waals surface area contributed by atoms with Gasteiger partial charge in [-0.05, 0) is 6.92 Å². The minimum atomic E-state index is -0.171. The average Bonchev–Trinajstić information content (AvgIpc) is 2.63. The number of aryl methyl sites for hydroxylation is 1. The van der Waals surface area contributed by atoms with Gasteiger partial charge in [-0.3, -0.25) is 4.79 Å². The lowest BCUT2D eigenvalue weighted by atomic mass is 10.3. The Labute approximate surface area is 92.1 Å². The molecular formula is C9H12ClNO2S. The molecule has 0 unspecified atom stereocenters. The normalized spacial score (nSPS) is 10.1. The van der Waals surface area contributed by atoms with E-state index in [1.807, 2.05) is 5.38 Å². The molecule has 0 amide bonds. The number of rotatable bonds is 5. The monoisotopic (exact) mass is 233 g/mol. The van der Waals surface area contributed by atoms with Crippen LogP contribution in [0.4, 0.5) is 0 Å². The number of hydrogen-bond donors (Lipinski definition) is 0. The van der Waals surface area contributed by atoms with Crippen LogP contribution in [-0.4, -0.2) is 17.6 Å². The SMILES string of the molecule is CCOC(=O)CCc1nc(CCl)cs1. The van der Waals surface area contributed by atoms with Gasteiger partial charge in [-0.25, -0.2) is 4.98 Å². The first-order valence-electron chi connectivity index (χ1n) is 4.41. The lowest BCUT2D eigenvalue weighted by Crippen LogP contribution is -2.04. The highest BCUT2D eigenvalue weighted by molar-refractivity contribution is 7.09. The predicted molar refractivity (Wildman–Crippen MR) is 56.6 cm³/mol. The Kier molecular flexibility index (Phi) is 4.90. The first-order valence-corrected chi connectivity index (χ1v) is 5.82. The zero-order valence-corrected chi connectivity index (χ0v) is 9.53. The summed E-state index contributed by atoms with van der Waals surface area (Å²) < 4.78 is 4.81. The van der Waals surface area contributed by atoms with Gasteiger partial charge in [0.05, 0.1) is 29.6 Å². The van der Waals surface area contributed by atoms with Gasteiger partial charge in [-0.15, -0.1) is 22.9 Å². The molecule has 3 nitrogen and oxygen atoms in total. The molecule has 0 radical (unpaired) electrons. The highest BCUT2D eigenvalue weighted by atomic mass is 35.5. The predicted octanol–water partition coefficient (Wildman–Crippen LogP) is 2.38. The van der Waals surface area contributed by atoms with E-state index >= 15 is 0 Å². The molecule has 0 fully saturated rings. The zero-order chi connectivity index (χ0) is 10.4. The van der Waals surface area contributed by atoms with E-state index in [2.05, 4.69) is 4.98 Å². The van der Waals surface area contributed by atoms with E-state index < -0.39 is 0 Å². The fourth-order valence-corrected chi connectivity index (χ4v) is 1.99. The average molecular weight is 234 g/mol. The molecule has 0 aliphatic rings. The van der Waals surface area contributed by atoms with Crippen molar-refractivity contribution in [2.45, 2.75) is 25.6 Å². The van der Waals surface area contributed by atoms with Crippen molar-refractivity contribution in [3.05, 3.63) is 16.1 Å². The molecule has 0 aromatic carbocycles. The Morgan fingerprint density at radius 3 is 3.07 bits per heavy atom. The van der Waals surface area contributed by atoms with E-state index in [-0.39, 0.29) is 5.97 Å². The number of carbonyl (C=O) groups excluding carboxylic acids is 1. The second-order valence-electron chi connectivity index (χ2n) is 2.67. The third-order valence-corrected chi connectivity index (χ3v) is 2.82. The molecule has 0 N–H and O–H groups in total. The number of thiazole rings is 1. The van der Waals surface area contributed by atoms with E-state index in [9.17, 15) is 4.79 Å². The molecule has 0 aliphatic carbocycles. The Morgan fingerprint density at radius 2 is 2.50 bits per heavy atom. The lowest BCUT2D eigenvalue weighted by Gasteiger charge is -1.98. The Hall–Kier alpha value is -0.610. The van der Waals surface area contributed by atoms with Crippen molar-refractivity contribution < 1.29 is 9.53 Å². The molecule has 0 spiro atoms. The number of nitrogens with zero attached hydrogens (tertiary/aromatic N) is 1. The molecule has 1 aromatic heterocycles. The molecule has 1 heterocycles. The first-order chi connectivity index (χ1) is 6.76. The van der Waals surface area contributed by atoms with Gasteiger partial charge < -0.3 is 4.74 Å². The number of esters is 1. The quantitative estimate of drug-likeness (QED) is 0.579. The van der Waals surface area contributed by atoms with Gasteiger partial charge in [0.25, 0.3) is 0 Å². The van der Waals surface area contributed by atoms with Gasteiger partial charge in [0.1, 0.15) is 0 Å². The number of ether oxygens (including phenoxy) is 1. The number of carbonyl (C=O) groups is 1. The fraction of sp³-hybridized carbons (Fsp3) is 0.556. The van der Waals surface area contributed by atoms with Crippen LogP contribution in [0.25, 0.3) is 0 Å². The molecule has 5 heteroatoms. The number of hydrogen-bond acceptors (Lipinski definition) is 4. The second-order valence-corrected chi connectivity index (χ2v) is 3.88.